The highest BCUT2D eigenvalue weighted by Crippen LogP contribution is 2.23. The van der Waals surface area contributed by atoms with Crippen LogP contribution in [0.15, 0.2) is 36.4 Å². The van der Waals surface area contributed by atoms with E-state index in [-0.39, 0.29) is 12.5 Å². The smallest absolute Gasteiger partial charge is 0.254 e. The summed E-state index contributed by atoms with van der Waals surface area (Å²) in [5, 5.41) is 2.17. The van der Waals surface area contributed by atoms with Crippen molar-refractivity contribution in [2.75, 3.05) is 29.9 Å². The quantitative estimate of drug-likeness (QED) is 0.677. The fourth-order valence-corrected chi connectivity index (χ4v) is 3.42. The summed E-state index contributed by atoms with van der Waals surface area (Å²) < 4.78 is 40.3. The number of nitrogens with zero attached hydrogens (tertiary/aromatic N) is 2. The summed E-state index contributed by atoms with van der Waals surface area (Å²) in [6.45, 7) is 2.25. The first kappa shape index (κ1) is 22.3. The molecule has 0 aliphatic carbocycles. The van der Waals surface area contributed by atoms with Crippen LogP contribution in [0.5, 0.6) is 0 Å². The normalized spacial score (nSPS) is 13.4. The molecule has 2 aromatic carbocycles. The fraction of sp³-hybridized carbons (Fsp3) is 0.318. The minimum Gasteiger partial charge on any atom is -0.329 e. The Hall–Kier alpha value is -3.36. The van der Waals surface area contributed by atoms with E-state index in [1.54, 1.807) is 29.2 Å². The molecule has 31 heavy (non-hydrogen) atoms. The lowest BCUT2D eigenvalue weighted by molar-refractivity contribution is -0.117. The topological polar surface area (TPSA) is 69.7 Å². The molecule has 1 aliphatic rings. The van der Waals surface area contributed by atoms with Crippen LogP contribution in [-0.4, -0.2) is 42.3 Å². The predicted molar refractivity (Wildman–Crippen MR) is 109 cm³/mol. The predicted octanol–water partition coefficient (Wildman–Crippen LogP) is 3.72. The molecule has 0 atom stereocenters. The summed E-state index contributed by atoms with van der Waals surface area (Å²) in [7, 11) is 0. The molecule has 0 bridgehead atoms. The van der Waals surface area contributed by atoms with E-state index < -0.39 is 41.5 Å². The molecule has 1 aliphatic heterocycles. The van der Waals surface area contributed by atoms with E-state index in [9.17, 15) is 27.6 Å². The Morgan fingerprint density at radius 2 is 1.90 bits per heavy atom. The number of anilines is 2. The van der Waals surface area contributed by atoms with Crippen molar-refractivity contribution in [1.29, 1.82) is 0 Å². The molecule has 3 rings (SSSR count). The number of hydrogen-bond donors (Lipinski definition) is 1. The van der Waals surface area contributed by atoms with Crippen LogP contribution in [0, 0.1) is 17.5 Å². The highest BCUT2D eigenvalue weighted by atomic mass is 19.2. The van der Waals surface area contributed by atoms with Gasteiger partial charge in [-0.2, -0.15) is 0 Å². The zero-order chi connectivity index (χ0) is 22.5. The van der Waals surface area contributed by atoms with Crippen molar-refractivity contribution in [2.45, 2.75) is 26.2 Å². The third kappa shape index (κ3) is 5.04. The number of carbonyl (C=O) groups excluding carboxylic acids is 3. The van der Waals surface area contributed by atoms with Gasteiger partial charge in [0.05, 0.1) is 5.69 Å². The Labute approximate surface area is 177 Å². The second-order valence-electron chi connectivity index (χ2n) is 7.20. The van der Waals surface area contributed by atoms with Crippen LogP contribution in [0.4, 0.5) is 24.5 Å². The number of amides is 3. The maximum atomic E-state index is 13.8. The SMILES string of the molecule is CCCN(CC(=O)Nc1ccc(F)c(F)c1F)C(=O)c1cccc(N2CCCC2=O)c1. The zero-order valence-electron chi connectivity index (χ0n) is 17.0. The van der Waals surface area contributed by atoms with Gasteiger partial charge in [-0.15, -0.1) is 0 Å². The fourth-order valence-electron chi connectivity index (χ4n) is 3.42. The Kier molecular flexibility index (Phi) is 6.94. The summed E-state index contributed by atoms with van der Waals surface area (Å²) in [6, 6.07) is 8.20. The summed E-state index contributed by atoms with van der Waals surface area (Å²) >= 11 is 0. The van der Waals surface area contributed by atoms with Gasteiger partial charge >= 0.3 is 0 Å². The average Bonchev–Trinajstić information content (AvgIpc) is 3.19. The van der Waals surface area contributed by atoms with Crippen molar-refractivity contribution in [1.82, 2.24) is 4.90 Å². The van der Waals surface area contributed by atoms with E-state index in [0.29, 0.717) is 36.7 Å². The lowest BCUT2D eigenvalue weighted by atomic mass is 10.1. The molecule has 0 unspecified atom stereocenters. The molecular formula is C22H22F3N3O3. The first-order valence-corrected chi connectivity index (χ1v) is 9.95. The number of halogens is 3. The minimum atomic E-state index is -1.69. The number of nitrogens with one attached hydrogen (secondary N) is 1. The van der Waals surface area contributed by atoms with Crippen LogP contribution in [0.2, 0.25) is 0 Å². The third-order valence-corrected chi connectivity index (χ3v) is 4.90. The maximum Gasteiger partial charge on any atom is 0.254 e. The van der Waals surface area contributed by atoms with Gasteiger partial charge in [-0.25, -0.2) is 13.2 Å². The van der Waals surface area contributed by atoms with Crippen LogP contribution >= 0.6 is 0 Å². The van der Waals surface area contributed by atoms with Crippen LogP contribution in [0.25, 0.3) is 0 Å². The molecule has 0 saturated carbocycles. The molecule has 1 fully saturated rings. The van der Waals surface area contributed by atoms with E-state index in [1.165, 1.54) is 4.90 Å². The molecular weight excluding hydrogens is 411 g/mol. The Morgan fingerprint density at radius 1 is 1.13 bits per heavy atom. The van der Waals surface area contributed by atoms with E-state index in [4.69, 9.17) is 0 Å². The van der Waals surface area contributed by atoms with Gasteiger partial charge in [-0.05, 0) is 43.2 Å². The van der Waals surface area contributed by atoms with Crippen molar-refractivity contribution in [2.24, 2.45) is 0 Å². The van der Waals surface area contributed by atoms with E-state index in [0.717, 1.165) is 12.5 Å². The first-order chi connectivity index (χ1) is 14.8. The molecule has 0 aromatic heterocycles. The second kappa shape index (κ2) is 9.63. The van der Waals surface area contributed by atoms with Crippen molar-refractivity contribution in [3.05, 3.63) is 59.4 Å². The van der Waals surface area contributed by atoms with Crippen LogP contribution in [-0.2, 0) is 9.59 Å². The molecule has 0 radical (unpaired) electrons. The van der Waals surface area contributed by atoms with E-state index in [2.05, 4.69) is 5.32 Å². The zero-order valence-corrected chi connectivity index (χ0v) is 17.0. The van der Waals surface area contributed by atoms with Gasteiger partial charge in [0.25, 0.3) is 5.91 Å². The number of rotatable bonds is 7. The molecule has 3 amide bonds. The lowest BCUT2D eigenvalue weighted by Crippen LogP contribution is -2.38. The minimum absolute atomic E-state index is 0.0112. The highest BCUT2D eigenvalue weighted by molar-refractivity contribution is 6.01. The standard InChI is InChI=1S/C22H22F3N3O3/c1-2-10-27(13-18(29)26-17-9-8-16(23)20(24)21(17)25)22(31)14-5-3-6-15(12-14)28-11-4-7-19(28)30/h3,5-6,8-9,12H,2,4,7,10-11,13H2,1H3,(H,26,29). The summed E-state index contributed by atoms with van der Waals surface area (Å²) in [6.07, 6.45) is 1.77. The Bertz CT molecular complexity index is 1010. The monoisotopic (exact) mass is 433 g/mol. The molecule has 0 spiro atoms. The van der Waals surface area contributed by atoms with Crippen molar-refractivity contribution in [3.8, 4) is 0 Å². The molecule has 6 nitrogen and oxygen atoms in total. The molecule has 9 heteroatoms. The molecule has 1 heterocycles. The van der Waals surface area contributed by atoms with Gasteiger partial charge in [0, 0.05) is 30.8 Å². The molecule has 1 N–H and O–H groups in total. The number of hydrogen-bond acceptors (Lipinski definition) is 3. The van der Waals surface area contributed by atoms with E-state index >= 15 is 0 Å². The second-order valence-corrected chi connectivity index (χ2v) is 7.20. The summed E-state index contributed by atoms with van der Waals surface area (Å²) in [4.78, 5) is 40.2. The first-order valence-electron chi connectivity index (χ1n) is 9.95. The van der Waals surface area contributed by atoms with Crippen LogP contribution in [0.3, 0.4) is 0 Å². The van der Waals surface area contributed by atoms with Crippen molar-refractivity contribution < 1.29 is 27.6 Å². The van der Waals surface area contributed by atoms with Crippen molar-refractivity contribution in [3.63, 3.8) is 0 Å². The summed E-state index contributed by atoms with van der Waals surface area (Å²) in [5.41, 5.74) is 0.401. The summed E-state index contributed by atoms with van der Waals surface area (Å²) in [5.74, 6) is -5.76. The van der Waals surface area contributed by atoms with Crippen LogP contribution < -0.4 is 10.2 Å². The van der Waals surface area contributed by atoms with Gasteiger partial charge in [-0.1, -0.05) is 13.0 Å². The maximum absolute atomic E-state index is 13.8. The molecule has 1 saturated heterocycles. The Morgan fingerprint density at radius 3 is 2.58 bits per heavy atom. The largest absolute Gasteiger partial charge is 0.329 e. The van der Waals surface area contributed by atoms with Crippen molar-refractivity contribution >= 4 is 29.1 Å². The molecule has 2 aromatic rings. The number of carbonyl (C=O) groups is 3. The third-order valence-electron chi connectivity index (χ3n) is 4.90. The highest BCUT2D eigenvalue weighted by Gasteiger charge is 2.24. The van der Waals surface area contributed by atoms with Crippen LogP contribution in [0.1, 0.15) is 36.5 Å². The van der Waals surface area contributed by atoms with Gasteiger partial charge < -0.3 is 15.1 Å². The van der Waals surface area contributed by atoms with E-state index in [1.807, 2.05) is 6.92 Å². The Balaban J connectivity index is 1.74. The van der Waals surface area contributed by atoms with Gasteiger partial charge in [0.15, 0.2) is 17.5 Å². The lowest BCUT2D eigenvalue weighted by Gasteiger charge is -2.23. The van der Waals surface area contributed by atoms with Gasteiger partial charge in [0.1, 0.15) is 6.54 Å². The van der Waals surface area contributed by atoms with Gasteiger partial charge in [-0.3, -0.25) is 14.4 Å². The molecule has 164 valence electrons. The number of benzene rings is 2. The average molecular weight is 433 g/mol. The van der Waals surface area contributed by atoms with Gasteiger partial charge in [0.2, 0.25) is 11.8 Å².